The van der Waals surface area contributed by atoms with Crippen LogP contribution in [0.4, 0.5) is 5.69 Å². The third-order valence-corrected chi connectivity index (χ3v) is 4.20. The number of benzene rings is 1. The summed E-state index contributed by atoms with van der Waals surface area (Å²) in [5.41, 5.74) is 1.63. The normalized spacial score (nSPS) is 11.8. The van der Waals surface area contributed by atoms with Crippen LogP contribution in [0.25, 0.3) is 0 Å². The zero-order valence-electron chi connectivity index (χ0n) is 11.9. The summed E-state index contributed by atoms with van der Waals surface area (Å²) in [7, 11) is -3.24. The first-order valence-electron chi connectivity index (χ1n) is 6.43. The summed E-state index contributed by atoms with van der Waals surface area (Å²) in [4.78, 5) is 4.45. The lowest BCUT2D eigenvalue weighted by atomic mass is 10.3. The molecule has 0 bridgehead atoms. The molecule has 1 aromatic carbocycles. The molecule has 108 valence electrons. The van der Waals surface area contributed by atoms with Crippen LogP contribution in [0.5, 0.6) is 0 Å². The van der Waals surface area contributed by atoms with Gasteiger partial charge in [0.1, 0.15) is 0 Å². The number of sulfone groups is 1. The second-order valence-corrected chi connectivity index (χ2v) is 6.99. The molecule has 0 aliphatic heterocycles. The van der Waals surface area contributed by atoms with Gasteiger partial charge >= 0.3 is 0 Å². The predicted octanol–water partition coefficient (Wildman–Crippen LogP) is 2.48. The molecule has 0 fully saturated rings. The minimum Gasteiger partial charge on any atom is -0.378 e. The third kappa shape index (κ3) is 3.19. The van der Waals surface area contributed by atoms with Crippen LogP contribution in [-0.4, -0.2) is 24.2 Å². The van der Waals surface area contributed by atoms with E-state index in [0.29, 0.717) is 23.2 Å². The van der Waals surface area contributed by atoms with Crippen molar-refractivity contribution in [3.8, 4) is 0 Å². The fraction of sp³-hybridized carbons (Fsp3) is 0.357. The molecule has 0 saturated heterocycles. The Kier molecular flexibility index (Phi) is 4.13. The highest BCUT2D eigenvalue weighted by Crippen LogP contribution is 2.21. The quantitative estimate of drug-likeness (QED) is 0.920. The van der Waals surface area contributed by atoms with Crippen molar-refractivity contribution in [2.45, 2.75) is 31.3 Å². The van der Waals surface area contributed by atoms with Gasteiger partial charge < -0.3 is 9.88 Å². The van der Waals surface area contributed by atoms with Crippen molar-refractivity contribution in [3.63, 3.8) is 0 Å². The first kappa shape index (κ1) is 14.6. The first-order valence-corrected chi connectivity index (χ1v) is 8.32. The fourth-order valence-electron chi connectivity index (χ4n) is 2.06. The number of rotatable bonds is 5. The monoisotopic (exact) mass is 293 g/mol. The number of nitrogens with zero attached hydrogens (tertiary/aromatic N) is 2. The Hall–Kier alpha value is -1.82. The van der Waals surface area contributed by atoms with Crippen molar-refractivity contribution in [2.75, 3.05) is 11.6 Å². The molecular weight excluding hydrogens is 274 g/mol. The maximum Gasteiger partial charge on any atom is 0.177 e. The Morgan fingerprint density at radius 3 is 2.65 bits per heavy atom. The smallest absolute Gasteiger partial charge is 0.177 e. The van der Waals surface area contributed by atoms with Crippen LogP contribution in [0, 0.1) is 0 Å². The lowest BCUT2D eigenvalue weighted by Gasteiger charge is -2.14. The molecule has 20 heavy (non-hydrogen) atoms. The van der Waals surface area contributed by atoms with E-state index in [1.54, 1.807) is 30.7 Å². The maximum absolute atomic E-state index is 11.7. The van der Waals surface area contributed by atoms with Crippen molar-refractivity contribution in [2.24, 2.45) is 0 Å². The topological polar surface area (TPSA) is 64.0 Å². The van der Waals surface area contributed by atoms with E-state index in [4.69, 9.17) is 0 Å². The van der Waals surface area contributed by atoms with Gasteiger partial charge in [-0.1, -0.05) is 12.1 Å². The van der Waals surface area contributed by atoms with Crippen LogP contribution >= 0.6 is 0 Å². The molecule has 0 saturated carbocycles. The van der Waals surface area contributed by atoms with Crippen molar-refractivity contribution in [3.05, 3.63) is 42.5 Å². The Bertz CT molecular complexity index is 690. The molecule has 2 aromatic rings. The first-order chi connectivity index (χ1) is 9.39. The minimum absolute atomic E-state index is 0.315. The van der Waals surface area contributed by atoms with Crippen LogP contribution in [0.1, 0.15) is 25.6 Å². The van der Waals surface area contributed by atoms with E-state index in [1.807, 2.05) is 6.07 Å². The van der Waals surface area contributed by atoms with Gasteiger partial charge in [-0.05, 0) is 26.0 Å². The van der Waals surface area contributed by atoms with Crippen LogP contribution in [0.15, 0.2) is 41.7 Å². The summed E-state index contributed by atoms with van der Waals surface area (Å²) >= 11 is 0. The zero-order valence-corrected chi connectivity index (χ0v) is 12.7. The predicted molar refractivity (Wildman–Crippen MR) is 79.5 cm³/mol. The van der Waals surface area contributed by atoms with E-state index in [2.05, 4.69) is 28.7 Å². The number of hydrogen-bond acceptors (Lipinski definition) is 4. The highest BCUT2D eigenvalue weighted by molar-refractivity contribution is 7.90. The van der Waals surface area contributed by atoms with Gasteiger partial charge in [0.25, 0.3) is 0 Å². The van der Waals surface area contributed by atoms with Gasteiger partial charge in [-0.25, -0.2) is 13.4 Å². The van der Waals surface area contributed by atoms with Gasteiger partial charge in [0.2, 0.25) is 0 Å². The SMILES string of the molecule is CC(C)n1cncc1CNc1ccccc1S(C)(=O)=O. The molecular formula is C14H19N3O2S. The summed E-state index contributed by atoms with van der Waals surface area (Å²) in [6.07, 6.45) is 4.78. The minimum atomic E-state index is -3.24. The van der Waals surface area contributed by atoms with E-state index in [-0.39, 0.29) is 0 Å². The molecule has 1 heterocycles. The standard InChI is InChI=1S/C14H19N3O2S/c1-11(2)17-10-15-8-12(17)9-16-13-6-4-5-7-14(13)20(3,18)19/h4-8,10-11,16H,9H2,1-3H3. The van der Waals surface area contributed by atoms with Crippen LogP contribution in [-0.2, 0) is 16.4 Å². The molecule has 2 rings (SSSR count). The number of para-hydroxylation sites is 1. The summed E-state index contributed by atoms with van der Waals surface area (Å²) in [6, 6.07) is 7.24. The second-order valence-electron chi connectivity index (χ2n) is 5.01. The maximum atomic E-state index is 11.7. The zero-order chi connectivity index (χ0) is 14.8. The van der Waals surface area contributed by atoms with Crippen molar-refractivity contribution in [1.29, 1.82) is 0 Å². The molecule has 0 aliphatic rings. The number of anilines is 1. The average Bonchev–Trinajstić information content (AvgIpc) is 2.84. The van der Waals surface area contributed by atoms with Gasteiger partial charge in [0, 0.05) is 18.5 Å². The van der Waals surface area contributed by atoms with Crippen LogP contribution in [0.3, 0.4) is 0 Å². The Balaban J connectivity index is 2.22. The van der Waals surface area contributed by atoms with Gasteiger partial charge in [-0.2, -0.15) is 0 Å². The Morgan fingerprint density at radius 2 is 2.00 bits per heavy atom. The molecule has 0 radical (unpaired) electrons. The Labute approximate surface area is 119 Å². The van der Waals surface area contributed by atoms with Crippen molar-refractivity contribution < 1.29 is 8.42 Å². The molecule has 0 aliphatic carbocycles. The summed E-state index contributed by atoms with van der Waals surface area (Å²) in [6.45, 7) is 4.69. The third-order valence-electron chi connectivity index (χ3n) is 3.05. The number of nitrogens with one attached hydrogen (secondary N) is 1. The molecule has 1 N–H and O–H groups in total. The van der Waals surface area contributed by atoms with Crippen molar-refractivity contribution >= 4 is 15.5 Å². The van der Waals surface area contributed by atoms with E-state index in [9.17, 15) is 8.42 Å². The number of imidazole rings is 1. The van der Waals surface area contributed by atoms with Crippen LogP contribution < -0.4 is 5.32 Å². The van der Waals surface area contributed by atoms with E-state index in [1.165, 1.54) is 6.26 Å². The number of aromatic nitrogens is 2. The highest BCUT2D eigenvalue weighted by atomic mass is 32.2. The molecule has 0 amide bonds. The van der Waals surface area contributed by atoms with E-state index in [0.717, 1.165) is 5.69 Å². The lowest BCUT2D eigenvalue weighted by molar-refractivity contribution is 0.577. The molecule has 0 spiro atoms. The fourth-order valence-corrected chi connectivity index (χ4v) is 2.92. The summed E-state index contributed by atoms with van der Waals surface area (Å²) in [5.74, 6) is 0. The highest BCUT2D eigenvalue weighted by Gasteiger charge is 2.13. The summed E-state index contributed by atoms with van der Waals surface area (Å²) in [5, 5.41) is 3.18. The van der Waals surface area contributed by atoms with Gasteiger partial charge in [0.15, 0.2) is 9.84 Å². The van der Waals surface area contributed by atoms with Gasteiger partial charge in [-0.15, -0.1) is 0 Å². The molecule has 0 unspecified atom stereocenters. The molecule has 6 heteroatoms. The largest absolute Gasteiger partial charge is 0.378 e. The molecule has 1 aromatic heterocycles. The van der Waals surface area contributed by atoms with E-state index >= 15 is 0 Å². The number of hydrogen-bond donors (Lipinski definition) is 1. The van der Waals surface area contributed by atoms with E-state index < -0.39 is 9.84 Å². The van der Waals surface area contributed by atoms with Gasteiger partial charge in [0.05, 0.1) is 29.1 Å². The summed E-state index contributed by atoms with van der Waals surface area (Å²) < 4.78 is 25.5. The average molecular weight is 293 g/mol. The molecule has 5 nitrogen and oxygen atoms in total. The van der Waals surface area contributed by atoms with Gasteiger partial charge in [-0.3, -0.25) is 0 Å². The lowest BCUT2D eigenvalue weighted by Crippen LogP contribution is -2.10. The second kappa shape index (κ2) is 5.66. The molecule has 0 atom stereocenters. The van der Waals surface area contributed by atoms with Crippen molar-refractivity contribution in [1.82, 2.24) is 9.55 Å². The Morgan fingerprint density at radius 1 is 1.30 bits per heavy atom. The van der Waals surface area contributed by atoms with Crippen LogP contribution in [0.2, 0.25) is 0 Å².